The Kier molecular flexibility index (Phi) is 6.46. The third-order valence-corrected chi connectivity index (χ3v) is 6.75. The summed E-state index contributed by atoms with van der Waals surface area (Å²) in [5.41, 5.74) is 0.177. The monoisotopic (exact) mass is 478 g/mol. The first-order chi connectivity index (χ1) is 16.0. The number of halogens is 3. The Morgan fingerprint density at radius 2 is 1.79 bits per heavy atom. The molecule has 184 valence electrons. The topological polar surface area (TPSA) is 67.7 Å². The van der Waals surface area contributed by atoms with Crippen LogP contribution in [0.3, 0.4) is 0 Å². The smallest absolute Gasteiger partial charge is 0.456 e. The van der Waals surface area contributed by atoms with Gasteiger partial charge in [0.25, 0.3) is 11.7 Å². The molecule has 1 amide bonds. The van der Waals surface area contributed by atoms with Crippen LogP contribution in [-0.2, 0) is 12.1 Å². The van der Waals surface area contributed by atoms with E-state index in [1.807, 2.05) is 20.9 Å². The summed E-state index contributed by atoms with van der Waals surface area (Å²) in [7, 11) is 1.94. The number of piperidine rings is 1. The molecule has 34 heavy (non-hydrogen) atoms. The number of likely N-dealkylation sites (tertiary alicyclic amines) is 1. The number of pyridine rings is 1. The second kappa shape index (κ2) is 9.05. The van der Waals surface area contributed by atoms with E-state index in [2.05, 4.69) is 9.88 Å². The van der Waals surface area contributed by atoms with Crippen LogP contribution in [0.5, 0.6) is 5.75 Å². The zero-order valence-electron chi connectivity index (χ0n) is 19.6. The number of carbonyl (C=O) groups excluding carboxylic acids is 2. The average molecular weight is 479 g/mol. The quantitative estimate of drug-likeness (QED) is 0.613. The molecule has 4 heterocycles. The van der Waals surface area contributed by atoms with Gasteiger partial charge in [-0.05, 0) is 50.1 Å². The van der Waals surface area contributed by atoms with Gasteiger partial charge in [-0.3, -0.25) is 14.5 Å². The van der Waals surface area contributed by atoms with E-state index in [1.165, 1.54) is 10.6 Å². The van der Waals surface area contributed by atoms with Crippen molar-refractivity contribution in [1.29, 1.82) is 0 Å². The number of fused-ring (bicyclic) bond motifs is 2. The van der Waals surface area contributed by atoms with Crippen LogP contribution in [0.2, 0.25) is 0 Å². The van der Waals surface area contributed by atoms with Crippen molar-refractivity contribution in [1.82, 2.24) is 19.4 Å². The normalized spacial score (nSPS) is 18.3. The summed E-state index contributed by atoms with van der Waals surface area (Å²) in [6.07, 6.45) is -2.27. The fraction of sp³-hybridized carbons (Fsp3) is 0.542. The van der Waals surface area contributed by atoms with Crippen molar-refractivity contribution in [2.45, 2.75) is 44.9 Å². The summed E-state index contributed by atoms with van der Waals surface area (Å²) in [6, 6.07) is 6.28. The minimum Gasteiger partial charge on any atom is -0.492 e. The fourth-order valence-electron chi connectivity index (χ4n) is 4.85. The van der Waals surface area contributed by atoms with Crippen LogP contribution in [0.1, 0.15) is 53.4 Å². The number of rotatable bonds is 5. The maximum absolute atomic E-state index is 13.1. The van der Waals surface area contributed by atoms with Crippen molar-refractivity contribution in [2.24, 2.45) is 5.92 Å². The predicted octanol–water partition coefficient (Wildman–Crippen LogP) is 3.74. The van der Waals surface area contributed by atoms with E-state index >= 15 is 0 Å². The molecule has 1 saturated heterocycles. The Morgan fingerprint density at radius 3 is 2.38 bits per heavy atom. The van der Waals surface area contributed by atoms with Crippen molar-refractivity contribution in [3.05, 3.63) is 47.5 Å². The maximum atomic E-state index is 13.1. The van der Waals surface area contributed by atoms with Crippen LogP contribution in [0.4, 0.5) is 13.2 Å². The lowest BCUT2D eigenvalue weighted by Crippen LogP contribution is -2.56. The Hall–Kier alpha value is -2.88. The van der Waals surface area contributed by atoms with Crippen LogP contribution in [0, 0.1) is 5.92 Å². The number of Topliss-reactive ketones (excluding diaryl/α,β-unsaturated/α-hetero) is 1. The van der Waals surface area contributed by atoms with E-state index in [4.69, 9.17) is 4.74 Å². The Labute approximate surface area is 196 Å². The number of ketones is 1. The first kappa shape index (κ1) is 24.3. The maximum Gasteiger partial charge on any atom is 0.456 e. The van der Waals surface area contributed by atoms with Crippen molar-refractivity contribution >= 4 is 11.7 Å². The first-order valence-electron chi connectivity index (χ1n) is 11.4. The number of carbonyl (C=O) groups is 2. The lowest BCUT2D eigenvalue weighted by atomic mass is 9.81. The number of alkyl halides is 3. The van der Waals surface area contributed by atoms with Gasteiger partial charge in [0.2, 0.25) is 0 Å². The highest BCUT2D eigenvalue weighted by atomic mass is 19.4. The van der Waals surface area contributed by atoms with E-state index in [0.29, 0.717) is 68.7 Å². The van der Waals surface area contributed by atoms with Gasteiger partial charge in [-0.2, -0.15) is 13.2 Å². The minimum atomic E-state index is -4.91. The molecule has 0 radical (unpaired) electrons. The van der Waals surface area contributed by atoms with Crippen LogP contribution >= 0.6 is 0 Å². The van der Waals surface area contributed by atoms with Gasteiger partial charge in [0.1, 0.15) is 11.4 Å². The van der Waals surface area contributed by atoms with Crippen LogP contribution in [-0.4, -0.2) is 70.5 Å². The zero-order chi connectivity index (χ0) is 24.7. The van der Waals surface area contributed by atoms with Crippen LogP contribution in [0.25, 0.3) is 0 Å². The molecule has 7 nitrogen and oxygen atoms in total. The second-order valence-corrected chi connectivity index (χ2v) is 9.41. The lowest BCUT2D eigenvalue weighted by Gasteiger charge is -2.50. The summed E-state index contributed by atoms with van der Waals surface area (Å²) >= 11 is 0. The number of hydrogen-bond acceptors (Lipinski definition) is 5. The van der Waals surface area contributed by atoms with Crippen LogP contribution in [0.15, 0.2) is 30.5 Å². The van der Waals surface area contributed by atoms with E-state index < -0.39 is 17.5 Å². The van der Waals surface area contributed by atoms with E-state index in [0.717, 1.165) is 0 Å². The highest BCUT2D eigenvalue weighted by Crippen LogP contribution is 2.42. The molecule has 0 atom stereocenters. The minimum absolute atomic E-state index is 0.188. The summed E-state index contributed by atoms with van der Waals surface area (Å²) in [6.45, 7) is 6.36. The molecule has 2 aliphatic rings. The van der Waals surface area contributed by atoms with Crippen molar-refractivity contribution in [2.75, 3.05) is 33.3 Å². The number of hydrogen-bond donors (Lipinski definition) is 0. The third kappa shape index (κ3) is 4.43. The molecule has 0 saturated carbocycles. The molecule has 2 aromatic heterocycles. The molecule has 2 aliphatic heterocycles. The SMILES string of the molecule is CC(C)COc1ccc(C(=O)N2CCC3(CC2)c2ccc(C(=O)C(F)(F)F)n2CCN3C)nc1. The molecule has 0 N–H and O–H groups in total. The van der Waals surface area contributed by atoms with Crippen molar-refractivity contribution in [3.8, 4) is 5.75 Å². The van der Waals surface area contributed by atoms with E-state index in [9.17, 15) is 22.8 Å². The summed E-state index contributed by atoms with van der Waals surface area (Å²) in [4.78, 5) is 33.0. The number of likely N-dealkylation sites (N-methyl/N-ethyl adjacent to an activating group) is 1. The highest BCUT2D eigenvalue weighted by molar-refractivity contribution is 5.99. The highest BCUT2D eigenvalue weighted by Gasteiger charge is 2.47. The number of ether oxygens (including phenoxy) is 1. The Morgan fingerprint density at radius 1 is 1.09 bits per heavy atom. The Bertz CT molecular complexity index is 1050. The van der Waals surface area contributed by atoms with Gasteiger partial charge in [0.15, 0.2) is 0 Å². The fourth-order valence-corrected chi connectivity index (χ4v) is 4.85. The molecule has 0 aromatic carbocycles. The molecule has 0 aliphatic carbocycles. The molecule has 10 heteroatoms. The predicted molar refractivity (Wildman–Crippen MR) is 119 cm³/mol. The van der Waals surface area contributed by atoms with Gasteiger partial charge >= 0.3 is 6.18 Å². The van der Waals surface area contributed by atoms with E-state index in [1.54, 1.807) is 29.3 Å². The molecule has 2 aromatic rings. The first-order valence-corrected chi connectivity index (χ1v) is 11.4. The molecule has 1 spiro atoms. The number of nitrogens with zero attached hydrogens (tertiary/aromatic N) is 4. The number of aromatic nitrogens is 2. The summed E-state index contributed by atoms with van der Waals surface area (Å²) in [5, 5.41) is 0. The van der Waals surface area contributed by atoms with Crippen LogP contribution < -0.4 is 4.74 Å². The van der Waals surface area contributed by atoms with Crippen molar-refractivity contribution in [3.63, 3.8) is 0 Å². The van der Waals surface area contributed by atoms with Gasteiger partial charge in [0.05, 0.1) is 24.0 Å². The molecule has 0 unspecified atom stereocenters. The summed E-state index contributed by atoms with van der Waals surface area (Å²) in [5.74, 6) is -1.02. The molecule has 4 rings (SSSR count). The Balaban J connectivity index is 1.48. The molecular weight excluding hydrogens is 449 g/mol. The summed E-state index contributed by atoms with van der Waals surface area (Å²) < 4.78 is 46.3. The van der Waals surface area contributed by atoms with Gasteiger partial charge in [-0.25, -0.2) is 4.98 Å². The molecule has 0 bridgehead atoms. The largest absolute Gasteiger partial charge is 0.492 e. The molecule has 1 fully saturated rings. The standard InChI is InChI=1S/C24H29F3N4O3/c1-16(2)15-34-17-4-5-18(28-14-17)22(33)30-10-8-23(9-11-30)20-7-6-19(21(32)24(25,26)27)31(20)13-12-29(23)3/h4-7,14,16H,8-13,15H2,1-3H3. The second-order valence-electron chi connectivity index (χ2n) is 9.41. The molecular formula is C24H29F3N4O3. The number of amides is 1. The van der Waals surface area contributed by atoms with E-state index in [-0.39, 0.29) is 11.6 Å². The lowest BCUT2D eigenvalue weighted by molar-refractivity contribution is -0.0892. The van der Waals surface area contributed by atoms with Gasteiger partial charge < -0.3 is 14.2 Å². The average Bonchev–Trinajstić information content (AvgIpc) is 3.24. The zero-order valence-corrected chi connectivity index (χ0v) is 19.6. The van der Waals surface area contributed by atoms with Gasteiger partial charge in [-0.1, -0.05) is 13.8 Å². The van der Waals surface area contributed by atoms with Crippen molar-refractivity contribution < 1.29 is 27.5 Å². The van der Waals surface area contributed by atoms with Gasteiger partial charge in [-0.15, -0.1) is 0 Å². The third-order valence-electron chi connectivity index (χ3n) is 6.75. The van der Waals surface area contributed by atoms with Gasteiger partial charge in [0, 0.05) is 31.9 Å².